The number of hydrogen-bond acceptors (Lipinski definition) is 1. The molecule has 0 N–H and O–H groups in total. The van der Waals surface area contributed by atoms with Crippen LogP contribution in [0.25, 0.3) is 10.8 Å². The van der Waals surface area contributed by atoms with E-state index in [4.69, 9.17) is 6.42 Å². The summed E-state index contributed by atoms with van der Waals surface area (Å²) in [7, 11) is 0. The molecule has 0 spiro atoms. The minimum absolute atomic E-state index is 0.278. The third kappa shape index (κ3) is 1.93. The summed E-state index contributed by atoms with van der Waals surface area (Å²) in [5, 5.41) is 2.09. The molecule has 0 bridgehead atoms. The quantitative estimate of drug-likeness (QED) is 0.435. The molecule has 0 atom stereocenters. The van der Waals surface area contributed by atoms with Crippen LogP contribution in [0.4, 0.5) is 0 Å². The van der Waals surface area contributed by atoms with Crippen molar-refractivity contribution in [2.45, 2.75) is 0 Å². The summed E-state index contributed by atoms with van der Waals surface area (Å²) in [6.45, 7) is 0. The fourth-order valence-electron chi connectivity index (χ4n) is 1.44. The summed E-state index contributed by atoms with van der Waals surface area (Å²) >= 11 is 3.39. The van der Waals surface area contributed by atoms with Crippen molar-refractivity contribution in [3.05, 3.63) is 46.4 Å². The van der Waals surface area contributed by atoms with Gasteiger partial charge in [-0.1, -0.05) is 28.1 Å². The Balaban J connectivity index is 2.63. The Labute approximate surface area is 96.2 Å². The van der Waals surface area contributed by atoms with E-state index in [1.54, 1.807) is 6.07 Å². The number of halogens is 1. The van der Waals surface area contributed by atoms with Gasteiger partial charge >= 0.3 is 0 Å². The van der Waals surface area contributed by atoms with Gasteiger partial charge in [0.25, 0.3) is 0 Å². The van der Waals surface area contributed by atoms with Crippen LogP contribution in [0.1, 0.15) is 10.4 Å². The zero-order valence-corrected chi connectivity index (χ0v) is 9.41. The van der Waals surface area contributed by atoms with Crippen molar-refractivity contribution < 1.29 is 4.79 Å². The van der Waals surface area contributed by atoms with Crippen molar-refractivity contribution in [1.29, 1.82) is 0 Å². The van der Waals surface area contributed by atoms with Crippen molar-refractivity contribution in [3.63, 3.8) is 0 Å². The molecule has 2 heteroatoms. The molecule has 0 heterocycles. The van der Waals surface area contributed by atoms with Gasteiger partial charge in [0.15, 0.2) is 0 Å². The fraction of sp³-hybridized carbons (Fsp3) is 0. The number of terminal acetylenes is 1. The third-order valence-electron chi connectivity index (χ3n) is 2.20. The Kier molecular flexibility index (Phi) is 2.57. The lowest BCUT2D eigenvalue weighted by atomic mass is 10.0. The molecule has 15 heavy (non-hydrogen) atoms. The van der Waals surface area contributed by atoms with Crippen LogP contribution >= 0.6 is 15.9 Å². The highest BCUT2D eigenvalue weighted by atomic mass is 79.9. The number of Topliss-reactive ketones (excluding diaryl/α,β-unsaturated/α-hetero) is 1. The summed E-state index contributed by atoms with van der Waals surface area (Å²) in [5.74, 6) is 1.83. The molecule has 0 aliphatic carbocycles. The van der Waals surface area contributed by atoms with E-state index < -0.39 is 0 Å². The van der Waals surface area contributed by atoms with Gasteiger partial charge in [-0.3, -0.25) is 4.79 Å². The van der Waals surface area contributed by atoms with E-state index >= 15 is 0 Å². The molecule has 0 saturated carbocycles. The minimum atomic E-state index is -0.278. The van der Waals surface area contributed by atoms with E-state index in [-0.39, 0.29) is 5.78 Å². The molecule has 0 saturated heterocycles. The normalized spacial score (nSPS) is 9.87. The summed E-state index contributed by atoms with van der Waals surface area (Å²) in [5.41, 5.74) is 0.562. The van der Waals surface area contributed by atoms with Crippen LogP contribution in [0.2, 0.25) is 0 Å². The van der Waals surface area contributed by atoms with Crippen molar-refractivity contribution in [2.75, 3.05) is 0 Å². The smallest absolute Gasteiger partial charge is 0.235 e. The van der Waals surface area contributed by atoms with Gasteiger partial charge in [-0.25, -0.2) is 0 Å². The van der Waals surface area contributed by atoms with E-state index in [0.29, 0.717) is 5.56 Å². The monoisotopic (exact) mass is 258 g/mol. The zero-order valence-electron chi connectivity index (χ0n) is 7.83. The van der Waals surface area contributed by atoms with Crippen molar-refractivity contribution in [3.8, 4) is 12.3 Å². The minimum Gasteiger partial charge on any atom is -0.279 e. The van der Waals surface area contributed by atoms with Gasteiger partial charge in [-0.15, -0.1) is 6.42 Å². The maximum atomic E-state index is 11.3. The molecule has 0 amide bonds. The molecular weight excluding hydrogens is 252 g/mol. The standard InChI is InChI=1S/C13H7BrO/c1-2-13(15)11-4-3-10-8-12(14)6-5-9(10)7-11/h1,3-8H. The van der Waals surface area contributed by atoms with Crippen LogP contribution in [-0.4, -0.2) is 5.78 Å². The van der Waals surface area contributed by atoms with Gasteiger partial charge in [0.1, 0.15) is 0 Å². The Bertz CT molecular complexity index is 579. The van der Waals surface area contributed by atoms with Crippen molar-refractivity contribution in [2.24, 2.45) is 0 Å². The maximum Gasteiger partial charge on any atom is 0.235 e. The first-order valence-corrected chi connectivity index (χ1v) is 5.20. The SMILES string of the molecule is C#CC(=O)c1ccc2cc(Br)ccc2c1. The second-order valence-corrected chi connectivity index (χ2v) is 4.10. The number of ketones is 1. The Morgan fingerprint density at radius 3 is 2.53 bits per heavy atom. The van der Waals surface area contributed by atoms with E-state index in [2.05, 4.69) is 21.9 Å². The van der Waals surface area contributed by atoms with Crippen LogP contribution in [-0.2, 0) is 0 Å². The second kappa shape index (κ2) is 3.88. The Hall–Kier alpha value is -1.59. The number of rotatable bonds is 1. The predicted octanol–water partition coefficient (Wildman–Crippen LogP) is 3.42. The number of hydrogen-bond donors (Lipinski definition) is 0. The number of benzene rings is 2. The number of fused-ring (bicyclic) bond motifs is 1. The molecule has 1 nitrogen and oxygen atoms in total. The van der Waals surface area contributed by atoms with Crippen LogP contribution in [0.15, 0.2) is 40.9 Å². The number of carbonyl (C=O) groups is 1. The molecule has 0 aromatic heterocycles. The summed E-state index contributed by atoms with van der Waals surface area (Å²) in [6, 6.07) is 11.3. The lowest BCUT2D eigenvalue weighted by molar-refractivity contribution is 0.105. The van der Waals surface area contributed by atoms with Gasteiger partial charge in [0, 0.05) is 10.0 Å². The highest BCUT2D eigenvalue weighted by Gasteiger charge is 2.02. The molecule has 2 aromatic rings. The molecule has 2 aromatic carbocycles. The summed E-state index contributed by atoms with van der Waals surface area (Å²) in [4.78, 5) is 11.3. The molecule has 0 aliphatic rings. The van der Waals surface area contributed by atoms with Gasteiger partial charge in [-0.05, 0) is 41.0 Å². The van der Waals surface area contributed by atoms with E-state index in [1.165, 1.54) is 0 Å². The molecular formula is C13H7BrO. The Morgan fingerprint density at radius 2 is 1.80 bits per heavy atom. The third-order valence-corrected chi connectivity index (χ3v) is 2.69. The maximum absolute atomic E-state index is 11.3. The van der Waals surface area contributed by atoms with E-state index in [1.807, 2.05) is 30.3 Å². The lowest BCUT2D eigenvalue weighted by Crippen LogP contribution is -1.93. The molecule has 72 valence electrons. The lowest BCUT2D eigenvalue weighted by Gasteiger charge is -2.00. The molecule has 0 fully saturated rings. The van der Waals surface area contributed by atoms with Crippen LogP contribution in [0.3, 0.4) is 0 Å². The molecule has 0 aliphatic heterocycles. The van der Waals surface area contributed by atoms with Gasteiger partial charge in [0.2, 0.25) is 5.78 Å². The molecule has 0 unspecified atom stereocenters. The molecule has 0 radical (unpaired) electrons. The fourth-order valence-corrected chi connectivity index (χ4v) is 1.82. The highest BCUT2D eigenvalue weighted by molar-refractivity contribution is 9.10. The van der Waals surface area contributed by atoms with Gasteiger partial charge in [0.05, 0.1) is 0 Å². The van der Waals surface area contributed by atoms with Crippen LogP contribution in [0.5, 0.6) is 0 Å². The first-order chi connectivity index (χ1) is 7.20. The average molecular weight is 259 g/mol. The summed E-state index contributed by atoms with van der Waals surface area (Å²) in [6.07, 6.45) is 5.07. The van der Waals surface area contributed by atoms with Crippen LogP contribution in [0, 0.1) is 12.3 Å². The first kappa shape index (κ1) is 9.95. The van der Waals surface area contributed by atoms with Crippen LogP contribution < -0.4 is 0 Å². The number of carbonyl (C=O) groups excluding carboxylic acids is 1. The topological polar surface area (TPSA) is 17.1 Å². The predicted molar refractivity (Wildman–Crippen MR) is 64.8 cm³/mol. The van der Waals surface area contributed by atoms with Crippen molar-refractivity contribution >= 4 is 32.5 Å². The van der Waals surface area contributed by atoms with Gasteiger partial charge in [-0.2, -0.15) is 0 Å². The van der Waals surface area contributed by atoms with E-state index in [0.717, 1.165) is 15.2 Å². The Morgan fingerprint density at radius 1 is 1.13 bits per heavy atom. The van der Waals surface area contributed by atoms with Crippen molar-refractivity contribution in [1.82, 2.24) is 0 Å². The highest BCUT2D eigenvalue weighted by Crippen LogP contribution is 2.20. The van der Waals surface area contributed by atoms with E-state index in [9.17, 15) is 4.79 Å². The summed E-state index contributed by atoms with van der Waals surface area (Å²) < 4.78 is 1.02. The second-order valence-electron chi connectivity index (χ2n) is 3.18. The first-order valence-electron chi connectivity index (χ1n) is 4.41. The van der Waals surface area contributed by atoms with Gasteiger partial charge < -0.3 is 0 Å². The molecule has 2 rings (SSSR count). The average Bonchev–Trinajstić information content (AvgIpc) is 2.27. The largest absolute Gasteiger partial charge is 0.279 e. The zero-order chi connectivity index (χ0) is 10.8.